The van der Waals surface area contributed by atoms with E-state index in [1.165, 1.54) is 13.3 Å². The largest absolute Gasteiger partial charge is 0.464 e. The molecule has 32 heavy (non-hydrogen) atoms. The van der Waals surface area contributed by atoms with Gasteiger partial charge in [0.05, 0.1) is 16.6 Å². The van der Waals surface area contributed by atoms with Crippen molar-refractivity contribution in [3.8, 4) is 11.3 Å². The molecule has 0 saturated carbocycles. The first-order valence-electron chi connectivity index (χ1n) is 11.2. The Bertz CT molecular complexity index is 1210. The molecular formula is C25H27N3O4. The minimum Gasteiger partial charge on any atom is -0.464 e. The van der Waals surface area contributed by atoms with Crippen molar-refractivity contribution in [1.29, 1.82) is 0 Å². The Labute approximate surface area is 186 Å². The van der Waals surface area contributed by atoms with Crippen molar-refractivity contribution in [2.75, 3.05) is 36.5 Å². The van der Waals surface area contributed by atoms with Gasteiger partial charge < -0.3 is 19.5 Å². The van der Waals surface area contributed by atoms with Gasteiger partial charge in [-0.05, 0) is 24.3 Å². The summed E-state index contributed by atoms with van der Waals surface area (Å²) in [5, 5.41) is 8.53. The SMILES string of the molecule is CC(=O)OCCNc1cc(N2C[C@H](C)C[C@H](C)C2)c2noc3c2c1C(=O)c1ccccc1-3. The summed E-state index contributed by atoms with van der Waals surface area (Å²) in [7, 11) is 0. The molecule has 166 valence electrons. The minimum atomic E-state index is -0.327. The molecule has 1 saturated heterocycles. The van der Waals surface area contributed by atoms with Gasteiger partial charge in [-0.1, -0.05) is 43.3 Å². The van der Waals surface area contributed by atoms with Crippen LogP contribution in [0.4, 0.5) is 11.4 Å². The van der Waals surface area contributed by atoms with Gasteiger partial charge in [-0.25, -0.2) is 0 Å². The predicted molar refractivity (Wildman–Crippen MR) is 123 cm³/mol. The van der Waals surface area contributed by atoms with Crippen LogP contribution < -0.4 is 10.2 Å². The van der Waals surface area contributed by atoms with Crippen molar-refractivity contribution in [2.45, 2.75) is 27.2 Å². The fourth-order valence-corrected chi connectivity index (χ4v) is 5.16. The van der Waals surface area contributed by atoms with Crippen LogP contribution in [0, 0.1) is 11.8 Å². The van der Waals surface area contributed by atoms with Gasteiger partial charge >= 0.3 is 5.97 Å². The van der Waals surface area contributed by atoms with E-state index in [1.807, 2.05) is 30.3 Å². The molecule has 1 aromatic heterocycles. The third-order valence-electron chi connectivity index (χ3n) is 6.31. The summed E-state index contributed by atoms with van der Waals surface area (Å²) in [6.45, 7) is 8.40. The zero-order valence-electron chi connectivity index (χ0n) is 18.6. The van der Waals surface area contributed by atoms with E-state index in [0.717, 1.165) is 40.9 Å². The zero-order chi connectivity index (χ0) is 22.4. The molecule has 3 aromatic rings. The minimum absolute atomic E-state index is 0.0526. The van der Waals surface area contributed by atoms with Gasteiger partial charge in [-0.2, -0.15) is 0 Å². The fourth-order valence-electron chi connectivity index (χ4n) is 5.16. The van der Waals surface area contributed by atoms with Crippen LogP contribution in [0.5, 0.6) is 0 Å². The van der Waals surface area contributed by atoms with Crippen LogP contribution in [0.15, 0.2) is 34.9 Å². The summed E-state index contributed by atoms with van der Waals surface area (Å²) >= 11 is 0. The molecule has 5 rings (SSSR count). The Hall–Kier alpha value is -3.35. The third-order valence-corrected chi connectivity index (χ3v) is 6.31. The average molecular weight is 434 g/mol. The van der Waals surface area contributed by atoms with Gasteiger partial charge in [0.1, 0.15) is 12.1 Å². The number of ether oxygens (including phenoxy) is 1. The van der Waals surface area contributed by atoms with Gasteiger partial charge in [0.2, 0.25) is 0 Å². The van der Waals surface area contributed by atoms with Crippen LogP contribution in [0.2, 0.25) is 0 Å². The second-order valence-electron chi connectivity index (χ2n) is 9.05. The van der Waals surface area contributed by atoms with Crippen molar-refractivity contribution in [3.05, 3.63) is 41.5 Å². The summed E-state index contributed by atoms with van der Waals surface area (Å²) in [6.07, 6.45) is 1.20. The number of esters is 1. The van der Waals surface area contributed by atoms with E-state index in [9.17, 15) is 9.59 Å². The lowest BCUT2D eigenvalue weighted by molar-refractivity contribution is -0.140. The van der Waals surface area contributed by atoms with E-state index >= 15 is 0 Å². The molecule has 0 amide bonds. The van der Waals surface area contributed by atoms with Crippen LogP contribution in [-0.4, -0.2) is 43.2 Å². The van der Waals surface area contributed by atoms with Crippen LogP contribution in [-0.2, 0) is 9.53 Å². The first-order chi connectivity index (χ1) is 15.4. The zero-order valence-corrected chi connectivity index (χ0v) is 18.6. The number of rotatable bonds is 5. The number of benzene rings is 2. The molecule has 2 aromatic carbocycles. The lowest BCUT2D eigenvalue weighted by Crippen LogP contribution is -2.39. The maximum Gasteiger partial charge on any atom is 0.302 e. The number of hydrogen-bond donors (Lipinski definition) is 1. The molecule has 2 heterocycles. The highest BCUT2D eigenvalue weighted by molar-refractivity contribution is 6.28. The van der Waals surface area contributed by atoms with Crippen LogP contribution in [0.1, 0.15) is 43.1 Å². The number of piperidine rings is 1. The maximum absolute atomic E-state index is 13.5. The Morgan fingerprint density at radius 3 is 2.66 bits per heavy atom. The molecule has 0 bridgehead atoms. The highest BCUT2D eigenvalue weighted by Gasteiger charge is 2.34. The number of aromatic nitrogens is 1. The normalized spacial score (nSPS) is 19.7. The van der Waals surface area contributed by atoms with Gasteiger partial charge in [-0.3, -0.25) is 9.59 Å². The highest BCUT2D eigenvalue weighted by Crippen LogP contribution is 2.46. The van der Waals surface area contributed by atoms with Crippen molar-refractivity contribution in [2.24, 2.45) is 11.8 Å². The summed E-state index contributed by atoms with van der Waals surface area (Å²) < 4.78 is 10.9. The van der Waals surface area contributed by atoms with Crippen LogP contribution >= 0.6 is 0 Å². The average Bonchev–Trinajstić information content (AvgIpc) is 3.19. The number of anilines is 2. The molecule has 1 aliphatic heterocycles. The second-order valence-corrected chi connectivity index (χ2v) is 9.05. The second kappa shape index (κ2) is 7.97. The molecule has 2 atom stereocenters. The Morgan fingerprint density at radius 1 is 1.22 bits per heavy atom. The molecule has 0 radical (unpaired) electrons. The Kier molecular flexibility index (Phi) is 5.12. The number of fused-ring (bicyclic) bond motifs is 2. The molecule has 7 nitrogen and oxygen atoms in total. The fraction of sp³-hybridized carbons (Fsp3) is 0.400. The number of hydrogen-bond acceptors (Lipinski definition) is 7. The van der Waals surface area contributed by atoms with Crippen molar-refractivity contribution in [3.63, 3.8) is 0 Å². The van der Waals surface area contributed by atoms with E-state index in [4.69, 9.17) is 9.26 Å². The predicted octanol–water partition coefficient (Wildman–Crippen LogP) is 4.50. The quantitative estimate of drug-likeness (QED) is 0.366. The molecule has 2 aliphatic rings. The van der Waals surface area contributed by atoms with Gasteiger partial charge in [-0.15, -0.1) is 0 Å². The lowest BCUT2D eigenvalue weighted by atomic mass is 9.85. The number of ketones is 1. The summed E-state index contributed by atoms with van der Waals surface area (Å²) in [6, 6.07) is 9.49. The topological polar surface area (TPSA) is 84.7 Å². The summed E-state index contributed by atoms with van der Waals surface area (Å²) in [5.41, 5.74) is 4.36. The van der Waals surface area contributed by atoms with E-state index in [-0.39, 0.29) is 18.4 Å². The summed E-state index contributed by atoms with van der Waals surface area (Å²) in [4.78, 5) is 27.0. The maximum atomic E-state index is 13.5. The number of carbonyl (C=O) groups excluding carboxylic acids is 2. The molecular weight excluding hydrogens is 406 g/mol. The van der Waals surface area contributed by atoms with Gasteiger partial charge in [0.15, 0.2) is 11.5 Å². The molecule has 1 aliphatic carbocycles. The molecule has 0 spiro atoms. The molecule has 1 fully saturated rings. The Morgan fingerprint density at radius 2 is 1.94 bits per heavy atom. The van der Waals surface area contributed by atoms with E-state index < -0.39 is 0 Å². The highest BCUT2D eigenvalue weighted by atomic mass is 16.5. The van der Waals surface area contributed by atoms with Crippen LogP contribution in [0.3, 0.4) is 0 Å². The number of nitrogens with zero attached hydrogens (tertiary/aromatic N) is 2. The first kappa shape index (κ1) is 20.5. The van der Waals surface area contributed by atoms with Crippen molar-refractivity contribution >= 4 is 34.0 Å². The third kappa shape index (κ3) is 3.42. The monoisotopic (exact) mass is 433 g/mol. The standard InChI is InChI=1S/C25H27N3O4/c1-14-10-15(2)13-28(12-14)20-11-19(26-8-9-31-16(3)29)21-22-23(20)27-32-25(22)18-7-5-4-6-17(18)24(21)30/h4-7,11,14-15,26H,8-10,12-13H2,1-3H3/t14-,15+. The molecule has 0 unspecified atom stereocenters. The van der Waals surface area contributed by atoms with E-state index in [2.05, 4.69) is 29.2 Å². The Balaban J connectivity index is 1.66. The first-order valence-corrected chi connectivity index (χ1v) is 11.2. The van der Waals surface area contributed by atoms with Crippen LogP contribution in [0.25, 0.3) is 22.2 Å². The van der Waals surface area contributed by atoms with Crippen molar-refractivity contribution in [1.82, 2.24) is 5.16 Å². The van der Waals surface area contributed by atoms with Gasteiger partial charge in [0.25, 0.3) is 0 Å². The summed E-state index contributed by atoms with van der Waals surface area (Å²) in [5.74, 6) is 1.38. The number of carbonyl (C=O) groups is 2. The lowest BCUT2D eigenvalue weighted by Gasteiger charge is -2.37. The number of nitrogens with one attached hydrogen (secondary N) is 1. The van der Waals surface area contributed by atoms with E-state index in [1.54, 1.807) is 0 Å². The molecule has 1 N–H and O–H groups in total. The smallest absolute Gasteiger partial charge is 0.302 e. The van der Waals surface area contributed by atoms with Crippen molar-refractivity contribution < 1.29 is 18.8 Å². The van der Waals surface area contributed by atoms with E-state index in [0.29, 0.717) is 35.3 Å². The molecule has 7 heteroatoms. The van der Waals surface area contributed by atoms with Gasteiger partial charge in [0, 0.05) is 43.4 Å².